The molecule has 0 amide bonds. The molecule has 1 rings (SSSR count). The van der Waals surface area contributed by atoms with Gasteiger partial charge < -0.3 is 5.32 Å². The summed E-state index contributed by atoms with van der Waals surface area (Å²) in [6, 6.07) is 0.641. The summed E-state index contributed by atoms with van der Waals surface area (Å²) in [5.41, 5.74) is 0. The number of aliphatic imine (C=N–C) groups is 1. The monoisotopic (exact) mass is 168 g/mol. The minimum Gasteiger partial charge on any atom is -0.373 e. The standard InChI is InChI=1S/C10H20N2/c1-8-5-4-6-9(2)10(8)12-7-11-3/h7-10H,4-6H2,1-3H3,(H,11,12). The van der Waals surface area contributed by atoms with Crippen LogP contribution in [-0.4, -0.2) is 19.4 Å². The summed E-state index contributed by atoms with van der Waals surface area (Å²) < 4.78 is 0. The van der Waals surface area contributed by atoms with Crippen molar-refractivity contribution in [2.24, 2.45) is 16.8 Å². The third-order valence-corrected chi connectivity index (χ3v) is 2.94. The van der Waals surface area contributed by atoms with E-state index in [0.717, 1.165) is 11.8 Å². The Morgan fingerprint density at radius 1 is 1.25 bits per heavy atom. The molecule has 1 saturated carbocycles. The van der Waals surface area contributed by atoms with Gasteiger partial charge in [0.05, 0.1) is 6.34 Å². The van der Waals surface area contributed by atoms with Gasteiger partial charge in [-0.15, -0.1) is 0 Å². The molecule has 0 bridgehead atoms. The van der Waals surface area contributed by atoms with Crippen LogP contribution in [-0.2, 0) is 0 Å². The van der Waals surface area contributed by atoms with Crippen molar-refractivity contribution in [2.45, 2.75) is 39.2 Å². The third kappa shape index (κ3) is 2.23. The lowest BCUT2D eigenvalue weighted by Gasteiger charge is -2.34. The molecule has 70 valence electrons. The quantitative estimate of drug-likeness (QED) is 0.495. The van der Waals surface area contributed by atoms with E-state index < -0.39 is 0 Å². The lowest BCUT2D eigenvalue weighted by Crippen LogP contribution is -2.42. The molecule has 12 heavy (non-hydrogen) atoms. The van der Waals surface area contributed by atoms with Crippen molar-refractivity contribution in [3.8, 4) is 0 Å². The smallest absolute Gasteiger partial charge is 0.0822 e. The van der Waals surface area contributed by atoms with Crippen molar-refractivity contribution in [3.63, 3.8) is 0 Å². The fourth-order valence-electron chi connectivity index (χ4n) is 2.17. The summed E-state index contributed by atoms with van der Waals surface area (Å²) in [7, 11) is 1.81. The average molecular weight is 168 g/mol. The van der Waals surface area contributed by atoms with E-state index >= 15 is 0 Å². The van der Waals surface area contributed by atoms with Crippen molar-refractivity contribution in [3.05, 3.63) is 0 Å². The lowest BCUT2D eigenvalue weighted by molar-refractivity contribution is 0.233. The van der Waals surface area contributed by atoms with Crippen molar-refractivity contribution in [2.75, 3.05) is 7.05 Å². The van der Waals surface area contributed by atoms with Crippen LogP contribution in [0.3, 0.4) is 0 Å². The first-order chi connectivity index (χ1) is 5.75. The number of nitrogens with one attached hydrogen (secondary N) is 1. The normalized spacial score (nSPS) is 37.1. The Labute approximate surface area is 75.5 Å². The summed E-state index contributed by atoms with van der Waals surface area (Å²) >= 11 is 0. The summed E-state index contributed by atoms with van der Waals surface area (Å²) in [6.07, 6.45) is 5.95. The molecule has 0 aliphatic heterocycles. The van der Waals surface area contributed by atoms with Gasteiger partial charge >= 0.3 is 0 Å². The Balaban J connectivity index is 2.45. The highest BCUT2D eigenvalue weighted by atomic mass is 15.0. The average Bonchev–Trinajstić information content (AvgIpc) is 2.04. The van der Waals surface area contributed by atoms with Gasteiger partial charge in [-0.2, -0.15) is 0 Å². The van der Waals surface area contributed by atoms with E-state index in [2.05, 4.69) is 24.2 Å². The molecule has 2 heteroatoms. The van der Waals surface area contributed by atoms with Gasteiger partial charge in [0, 0.05) is 13.1 Å². The molecule has 0 aromatic heterocycles. The molecule has 1 aliphatic carbocycles. The van der Waals surface area contributed by atoms with Crippen LogP contribution >= 0.6 is 0 Å². The molecular formula is C10H20N2. The van der Waals surface area contributed by atoms with Gasteiger partial charge in [0.2, 0.25) is 0 Å². The number of hydrogen-bond acceptors (Lipinski definition) is 1. The van der Waals surface area contributed by atoms with Gasteiger partial charge in [0.1, 0.15) is 0 Å². The van der Waals surface area contributed by atoms with E-state index in [1.165, 1.54) is 19.3 Å². The van der Waals surface area contributed by atoms with Gasteiger partial charge in [0.15, 0.2) is 0 Å². The van der Waals surface area contributed by atoms with Crippen molar-refractivity contribution in [1.82, 2.24) is 5.32 Å². The van der Waals surface area contributed by atoms with Crippen molar-refractivity contribution >= 4 is 6.34 Å². The van der Waals surface area contributed by atoms with Gasteiger partial charge in [0.25, 0.3) is 0 Å². The molecular weight excluding hydrogens is 148 g/mol. The molecule has 0 heterocycles. The second-order valence-corrected chi connectivity index (χ2v) is 3.97. The predicted molar refractivity (Wildman–Crippen MR) is 53.5 cm³/mol. The summed E-state index contributed by atoms with van der Waals surface area (Å²) in [5, 5.41) is 3.38. The SMILES string of the molecule is CN=CNC1C(C)CCCC1C. The topological polar surface area (TPSA) is 24.4 Å². The van der Waals surface area contributed by atoms with E-state index in [1.807, 2.05) is 13.4 Å². The van der Waals surface area contributed by atoms with E-state index in [0.29, 0.717) is 6.04 Å². The highest BCUT2D eigenvalue weighted by molar-refractivity contribution is 5.54. The van der Waals surface area contributed by atoms with Crippen LogP contribution in [0.25, 0.3) is 0 Å². The van der Waals surface area contributed by atoms with Crippen LogP contribution in [0.15, 0.2) is 4.99 Å². The van der Waals surface area contributed by atoms with Crippen molar-refractivity contribution in [1.29, 1.82) is 0 Å². The number of hydrogen-bond donors (Lipinski definition) is 1. The fraction of sp³-hybridized carbons (Fsp3) is 0.900. The molecule has 0 radical (unpaired) electrons. The van der Waals surface area contributed by atoms with Crippen LogP contribution in [0.2, 0.25) is 0 Å². The molecule has 0 aromatic carbocycles. The zero-order valence-corrected chi connectivity index (χ0v) is 8.38. The molecule has 2 atom stereocenters. The maximum absolute atomic E-state index is 3.96. The molecule has 0 saturated heterocycles. The van der Waals surface area contributed by atoms with Crippen LogP contribution in [0.4, 0.5) is 0 Å². The van der Waals surface area contributed by atoms with Crippen LogP contribution in [0, 0.1) is 11.8 Å². The van der Waals surface area contributed by atoms with Crippen LogP contribution < -0.4 is 5.32 Å². The summed E-state index contributed by atoms with van der Waals surface area (Å²) in [6.45, 7) is 4.66. The largest absolute Gasteiger partial charge is 0.373 e. The van der Waals surface area contributed by atoms with Gasteiger partial charge in [-0.05, 0) is 24.7 Å². The Kier molecular flexibility index (Phi) is 3.57. The van der Waals surface area contributed by atoms with Gasteiger partial charge in [-0.3, -0.25) is 4.99 Å². The Morgan fingerprint density at radius 2 is 1.83 bits per heavy atom. The lowest BCUT2D eigenvalue weighted by atomic mass is 9.79. The van der Waals surface area contributed by atoms with E-state index in [4.69, 9.17) is 0 Å². The Bertz CT molecular complexity index is 144. The van der Waals surface area contributed by atoms with Gasteiger partial charge in [-0.25, -0.2) is 0 Å². The first-order valence-corrected chi connectivity index (χ1v) is 4.92. The van der Waals surface area contributed by atoms with E-state index in [9.17, 15) is 0 Å². The van der Waals surface area contributed by atoms with E-state index in [1.54, 1.807) is 0 Å². The summed E-state index contributed by atoms with van der Waals surface area (Å²) in [5.74, 6) is 1.60. The van der Waals surface area contributed by atoms with Crippen LogP contribution in [0.1, 0.15) is 33.1 Å². The number of nitrogens with zero attached hydrogens (tertiary/aromatic N) is 1. The zero-order valence-electron chi connectivity index (χ0n) is 8.38. The summed E-state index contributed by atoms with van der Waals surface area (Å²) in [4.78, 5) is 3.96. The van der Waals surface area contributed by atoms with Crippen LogP contribution in [0.5, 0.6) is 0 Å². The maximum atomic E-state index is 3.96. The maximum Gasteiger partial charge on any atom is 0.0822 e. The minimum atomic E-state index is 0.641. The molecule has 1 N–H and O–H groups in total. The molecule has 2 unspecified atom stereocenters. The highest BCUT2D eigenvalue weighted by Gasteiger charge is 2.26. The molecule has 0 aromatic rings. The molecule has 0 spiro atoms. The molecule has 2 nitrogen and oxygen atoms in total. The second-order valence-electron chi connectivity index (χ2n) is 3.97. The first kappa shape index (κ1) is 9.56. The zero-order chi connectivity index (χ0) is 8.97. The fourth-order valence-corrected chi connectivity index (χ4v) is 2.17. The highest BCUT2D eigenvalue weighted by Crippen LogP contribution is 2.28. The Morgan fingerprint density at radius 3 is 2.33 bits per heavy atom. The molecule has 1 aliphatic rings. The van der Waals surface area contributed by atoms with E-state index in [-0.39, 0.29) is 0 Å². The minimum absolute atomic E-state index is 0.641. The third-order valence-electron chi connectivity index (χ3n) is 2.94. The number of rotatable bonds is 2. The van der Waals surface area contributed by atoms with Crippen molar-refractivity contribution < 1.29 is 0 Å². The predicted octanol–water partition coefficient (Wildman–Crippen LogP) is 2.06. The first-order valence-electron chi connectivity index (χ1n) is 4.92. The van der Waals surface area contributed by atoms with Gasteiger partial charge in [-0.1, -0.05) is 20.3 Å². The second kappa shape index (κ2) is 4.48. The Hall–Kier alpha value is -0.530. The molecule has 1 fully saturated rings.